The van der Waals surface area contributed by atoms with Gasteiger partial charge in [0.15, 0.2) is 0 Å². The van der Waals surface area contributed by atoms with Crippen LogP contribution in [0.3, 0.4) is 0 Å². The summed E-state index contributed by atoms with van der Waals surface area (Å²) in [5, 5.41) is 4.44. The first-order valence-corrected chi connectivity index (χ1v) is 6.49. The van der Waals surface area contributed by atoms with Crippen LogP contribution in [-0.2, 0) is 4.79 Å². The van der Waals surface area contributed by atoms with Gasteiger partial charge in [0.25, 0.3) is 5.91 Å². The molecule has 0 aliphatic heterocycles. The molecule has 0 aliphatic rings. The third kappa shape index (κ3) is 5.85. The molecule has 116 valence electrons. The van der Waals surface area contributed by atoms with Gasteiger partial charge in [0, 0.05) is 17.2 Å². The summed E-state index contributed by atoms with van der Waals surface area (Å²) in [5.41, 5.74) is 0.591. The number of benzene rings is 1. The summed E-state index contributed by atoms with van der Waals surface area (Å²) < 4.78 is 36.0. The van der Waals surface area contributed by atoms with Gasteiger partial charge in [-0.2, -0.15) is 13.2 Å². The zero-order chi connectivity index (χ0) is 16.0. The average molecular weight is 302 g/mol. The molecule has 0 bridgehead atoms. The fourth-order valence-electron chi connectivity index (χ4n) is 1.44. The highest BCUT2D eigenvalue weighted by Crippen LogP contribution is 2.14. The number of carbonyl (C=O) groups is 2. The van der Waals surface area contributed by atoms with E-state index in [0.29, 0.717) is 12.1 Å². The van der Waals surface area contributed by atoms with Crippen molar-refractivity contribution in [2.75, 3.05) is 11.9 Å². The minimum Gasteiger partial charge on any atom is -0.343 e. The molecule has 0 aromatic heterocycles. The Hall–Kier alpha value is -2.05. The van der Waals surface area contributed by atoms with Crippen molar-refractivity contribution in [2.45, 2.75) is 26.4 Å². The van der Waals surface area contributed by atoms with Crippen molar-refractivity contribution in [1.29, 1.82) is 0 Å². The first-order valence-electron chi connectivity index (χ1n) is 6.49. The molecule has 7 heteroatoms. The second kappa shape index (κ2) is 7.10. The molecule has 0 aliphatic carbocycles. The van der Waals surface area contributed by atoms with Crippen molar-refractivity contribution in [2.24, 2.45) is 5.92 Å². The summed E-state index contributed by atoms with van der Waals surface area (Å²) in [4.78, 5) is 23.1. The van der Waals surface area contributed by atoms with Crippen LogP contribution in [0.1, 0.15) is 30.6 Å². The van der Waals surface area contributed by atoms with Crippen molar-refractivity contribution < 1.29 is 22.8 Å². The van der Waals surface area contributed by atoms with E-state index in [1.807, 2.05) is 6.92 Å². The Balaban J connectivity index is 2.61. The molecule has 1 aromatic carbocycles. The topological polar surface area (TPSA) is 58.2 Å². The van der Waals surface area contributed by atoms with Crippen LogP contribution in [-0.4, -0.2) is 24.5 Å². The highest BCUT2D eigenvalue weighted by Gasteiger charge is 2.27. The fourth-order valence-corrected chi connectivity index (χ4v) is 1.44. The molecule has 0 radical (unpaired) electrons. The lowest BCUT2D eigenvalue weighted by Crippen LogP contribution is -2.33. The number of nitrogens with one attached hydrogen (secondary N) is 2. The molecule has 1 unspecified atom stereocenters. The van der Waals surface area contributed by atoms with Crippen molar-refractivity contribution in [3.63, 3.8) is 0 Å². The molecule has 0 saturated carbocycles. The third-order valence-corrected chi connectivity index (χ3v) is 2.92. The molecule has 0 saturated heterocycles. The Morgan fingerprint density at radius 1 is 1.19 bits per heavy atom. The van der Waals surface area contributed by atoms with E-state index in [1.165, 1.54) is 24.3 Å². The molecule has 0 fully saturated rings. The summed E-state index contributed by atoms with van der Waals surface area (Å²) in [7, 11) is 0. The zero-order valence-corrected chi connectivity index (χ0v) is 11.8. The number of hydrogen-bond acceptors (Lipinski definition) is 2. The maximum absolute atomic E-state index is 12.0. The molecule has 1 aromatic rings. The Bertz CT molecular complexity index is 498. The molecule has 1 atom stereocenters. The highest BCUT2D eigenvalue weighted by atomic mass is 19.4. The lowest BCUT2D eigenvalue weighted by molar-refractivity contribution is -0.123. The minimum absolute atomic E-state index is 0.0980. The van der Waals surface area contributed by atoms with Gasteiger partial charge in [0.1, 0.15) is 6.54 Å². The fraction of sp³-hybridized carbons (Fsp3) is 0.429. The molecule has 2 N–H and O–H groups in total. The summed E-state index contributed by atoms with van der Waals surface area (Å²) >= 11 is 0. The number of rotatable bonds is 5. The molecular weight excluding hydrogens is 285 g/mol. The first kappa shape index (κ1) is 17.0. The quantitative estimate of drug-likeness (QED) is 0.878. The molecule has 4 nitrogen and oxygen atoms in total. The Labute approximate surface area is 120 Å². The SMILES string of the molecule is CCC(C)C(=O)Nc1ccc(C(=O)NCC(F)(F)F)cc1. The Kier molecular flexibility index (Phi) is 5.75. The maximum Gasteiger partial charge on any atom is 0.405 e. The van der Waals surface area contributed by atoms with E-state index in [4.69, 9.17) is 0 Å². The van der Waals surface area contributed by atoms with Crippen LogP contribution in [0.5, 0.6) is 0 Å². The largest absolute Gasteiger partial charge is 0.405 e. The second-order valence-corrected chi connectivity index (χ2v) is 4.67. The van der Waals surface area contributed by atoms with Gasteiger partial charge in [-0.15, -0.1) is 0 Å². The number of amides is 2. The summed E-state index contributed by atoms with van der Waals surface area (Å²) in [6, 6.07) is 5.67. The van der Waals surface area contributed by atoms with Crippen LogP contribution in [0.15, 0.2) is 24.3 Å². The molecule has 0 spiro atoms. The van der Waals surface area contributed by atoms with Gasteiger partial charge in [-0.3, -0.25) is 9.59 Å². The average Bonchev–Trinajstić information content (AvgIpc) is 2.43. The van der Waals surface area contributed by atoms with Crippen molar-refractivity contribution in [3.05, 3.63) is 29.8 Å². The molecule has 21 heavy (non-hydrogen) atoms. The van der Waals surface area contributed by atoms with Crippen LogP contribution in [0, 0.1) is 5.92 Å². The summed E-state index contributed by atoms with van der Waals surface area (Å²) in [5.74, 6) is -1.10. The van der Waals surface area contributed by atoms with Gasteiger partial charge in [-0.1, -0.05) is 13.8 Å². The summed E-state index contributed by atoms with van der Waals surface area (Å²) in [6.07, 6.45) is -3.75. The molecule has 2 amide bonds. The number of hydrogen-bond donors (Lipinski definition) is 2. The Morgan fingerprint density at radius 3 is 2.24 bits per heavy atom. The number of alkyl halides is 3. The van der Waals surface area contributed by atoms with E-state index < -0.39 is 18.6 Å². The van der Waals surface area contributed by atoms with E-state index in [1.54, 1.807) is 12.2 Å². The van der Waals surface area contributed by atoms with Gasteiger partial charge < -0.3 is 10.6 Å². The van der Waals surface area contributed by atoms with Gasteiger partial charge in [-0.25, -0.2) is 0 Å². The highest BCUT2D eigenvalue weighted by molar-refractivity contribution is 5.96. The second-order valence-electron chi connectivity index (χ2n) is 4.67. The predicted octanol–water partition coefficient (Wildman–Crippen LogP) is 2.96. The molecular formula is C14H17F3N2O2. The lowest BCUT2D eigenvalue weighted by Gasteiger charge is -2.11. The first-order chi connectivity index (χ1) is 9.73. The summed E-state index contributed by atoms with van der Waals surface area (Å²) in [6.45, 7) is 2.30. The van der Waals surface area contributed by atoms with Crippen LogP contribution < -0.4 is 10.6 Å². The van der Waals surface area contributed by atoms with Crippen molar-refractivity contribution in [3.8, 4) is 0 Å². The smallest absolute Gasteiger partial charge is 0.343 e. The predicted molar refractivity (Wildman–Crippen MR) is 72.9 cm³/mol. The maximum atomic E-state index is 12.0. The van der Waals surface area contributed by atoms with Gasteiger partial charge in [0.2, 0.25) is 5.91 Å². The van der Waals surface area contributed by atoms with Gasteiger partial charge in [-0.05, 0) is 30.7 Å². The normalized spacial score (nSPS) is 12.6. The molecule has 0 heterocycles. The van der Waals surface area contributed by atoms with Crippen molar-refractivity contribution in [1.82, 2.24) is 5.32 Å². The van der Waals surface area contributed by atoms with Crippen LogP contribution in [0.25, 0.3) is 0 Å². The number of halogens is 3. The Morgan fingerprint density at radius 2 is 1.76 bits per heavy atom. The van der Waals surface area contributed by atoms with Gasteiger partial charge in [0.05, 0.1) is 0 Å². The van der Waals surface area contributed by atoms with Crippen LogP contribution >= 0.6 is 0 Å². The van der Waals surface area contributed by atoms with Crippen molar-refractivity contribution >= 4 is 17.5 Å². The third-order valence-electron chi connectivity index (χ3n) is 2.92. The molecule has 1 rings (SSSR count). The standard InChI is InChI=1S/C14H17F3N2O2/c1-3-9(2)12(20)19-11-6-4-10(5-7-11)13(21)18-8-14(15,16)17/h4-7,9H,3,8H2,1-2H3,(H,18,21)(H,19,20). The van der Waals surface area contributed by atoms with E-state index in [2.05, 4.69) is 5.32 Å². The van der Waals surface area contributed by atoms with Crippen LogP contribution in [0.2, 0.25) is 0 Å². The number of carbonyl (C=O) groups excluding carboxylic acids is 2. The van der Waals surface area contributed by atoms with Crippen LogP contribution in [0.4, 0.5) is 18.9 Å². The van der Waals surface area contributed by atoms with E-state index in [9.17, 15) is 22.8 Å². The lowest BCUT2D eigenvalue weighted by atomic mass is 10.1. The van der Waals surface area contributed by atoms with E-state index in [-0.39, 0.29) is 17.4 Å². The zero-order valence-electron chi connectivity index (χ0n) is 11.8. The van der Waals surface area contributed by atoms with E-state index in [0.717, 1.165) is 0 Å². The van der Waals surface area contributed by atoms with Gasteiger partial charge >= 0.3 is 6.18 Å². The monoisotopic (exact) mass is 302 g/mol. The minimum atomic E-state index is -4.44. The number of anilines is 1. The van der Waals surface area contributed by atoms with E-state index >= 15 is 0 Å².